The number of piperidine rings is 1. The number of rotatable bonds is 8. The Hall–Kier alpha value is -3.34. The normalized spacial score (nSPS) is 22.0. The van der Waals surface area contributed by atoms with E-state index in [2.05, 4.69) is 60.8 Å². The number of carbonyl (C=O) groups excluding carboxylic acids is 2. The van der Waals surface area contributed by atoms with E-state index in [0.717, 1.165) is 50.1 Å². The highest BCUT2D eigenvalue weighted by Gasteiger charge is 2.38. The highest BCUT2D eigenvalue weighted by molar-refractivity contribution is 5.86. The maximum absolute atomic E-state index is 13.3. The van der Waals surface area contributed by atoms with Crippen LogP contribution >= 0.6 is 0 Å². The molecule has 5 nitrogen and oxygen atoms in total. The molecule has 2 saturated heterocycles. The Bertz CT molecular complexity index is 1230. The minimum Gasteiger partial charge on any atom is -0.493 e. The van der Waals surface area contributed by atoms with Gasteiger partial charge in [0.05, 0.1) is 6.61 Å². The molecule has 36 heavy (non-hydrogen) atoms. The van der Waals surface area contributed by atoms with Gasteiger partial charge >= 0.3 is 0 Å². The van der Waals surface area contributed by atoms with E-state index < -0.39 is 0 Å². The topological polar surface area (TPSA) is 58.6 Å². The Kier molecular flexibility index (Phi) is 7.26. The van der Waals surface area contributed by atoms with Crippen LogP contribution in [0.5, 0.6) is 5.75 Å². The largest absolute Gasteiger partial charge is 0.493 e. The molecule has 3 aromatic rings. The summed E-state index contributed by atoms with van der Waals surface area (Å²) in [6.45, 7) is 4.24. The first-order chi connectivity index (χ1) is 17.5. The second-order valence-corrected chi connectivity index (χ2v) is 10.6. The Balaban J connectivity index is 1.21. The molecule has 1 N–H and O–H groups in total. The monoisotopic (exact) mass is 484 g/mol. The van der Waals surface area contributed by atoms with E-state index in [1.807, 2.05) is 23.1 Å². The van der Waals surface area contributed by atoms with Gasteiger partial charge in [-0.05, 0) is 67.0 Å². The Morgan fingerprint density at radius 3 is 2.72 bits per heavy atom. The molecule has 0 spiro atoms. The Labute approximate surface area is 213 Å². The highest BCUT2D eigenvalue weighted by Crippen LogP contribution is 2.33. The fourth-order valence-electron chi connectivity index (χ4n) is 5.85. The van der Waals surface area contributed by atoms with E-state index in [9.17, 15) is 9.59 Å². The maximum atomic E-state index is 13.3. The minimum absolute atomic E-state index is 0.0917. The first-order valence-electron chi connectivity index (χ1n) is 13.3. The highest BCUT2D eigenvalue weighted by atomic mass is 16.5. The second kappa shape index (κ2) is 10.7. The van der Waals surface area contributed by atoms with E-state index in [4.69, 9.17) is 4.74 Å². The van der Waals surface area contributed by atoms with Crippen molar-refractivity contribution in [2.24, 2.45) is 5.92 Å². The molecule has 2 fully saturated rings. The lowest BCUT2D eigenvalue weighted by molar-refractivity contribution is -0.134. The summed E-state index contributed by atoms with van der Waals surface area (Å²) in [5.74, 6) is 1.55. The molecule has 188 valence electrons. The molecule has 5 rings (SSSR count). The quantitative estimate of drug-likeness (QED) is 0.463. The average Bonchev–Trinajstić information content (AvgIpc) is 3.27. The van der Waals surface area contributed by atoms with Gasteiger partial charge in [-0.15, -0.1) is 0 Å². The van der Waals surface area contributed by atoms with Gasteiger partial charge in [-0.2, -0.15) is 0 Å². The van der Waals surface area contributed by atoms with Gasteiger partial charge in [0.2, 0.25) is 11.8 Å². The number of likely N-dealkylation sites (tertiary alicyclic amines) is 1. The van der Waals surface area contributed by atoms with E-state index >= 15 is 0 Å². The van der Waals surface area contributed by atoms with E-state index in [0.29, 0.717) is 31.8 Å². The first kappa shape index (κ1) is 24.4. The molecule has 0 bridgehead atoms. The Morgan fingerprint density at radius 1 is 1.08 bits per heavy atom. The van der Waals surface area contributed by atoms with Crippen LogP contribution in [0.2, 0.25) is 0 Å². The molecule has 0 radical (unpaired) electrons. The summed E-state index contributed by atoms with van der Waals surface area (Å²) in [5.41, 5.74) is 2.01. The van der Waals surface area contributed by atoms with Crippen molar-refractivity contribution in [2.75, 3.05) is 19.7 Å². The van der Waals surface area contributed by atoms with Crippen molar-refractivity contribution in [3.63, 3.8) is 0 Å². The molecule has 2 heterocycles. The van der Waals surface area contributed by atoms with Crippen LogP contribution in [-0.4, -0.2) is 41.9 Å². The van der Waals surface area contributed by atoms with Gasteiger partial charge in [0.15, 0.2) is 0 Å². The maximum Gasteiger partial charge on any atom is 0.222 e. The molecule has 0 aliphatic carbocycles. The van der Waals surface area contributed by atoms with Crippen LogP contribution in [0.1, 0.15) is 49.7 Å². The fourth-order valence-corrected chi connectivity index (χ4v) is 5.85. The molecule has 0 aromatic heterocycles. The number of fused-ring (bicyclic) bond motifs is 1. The number of amides is 2. The average molecular weight is 485 g/mol. The zero-order chi connectivity index (χ0) is 25.0. The first-order valence-corrected chi connectivity index (χ1v) is 13.3. The molecule has 2 atom stereocenters. The van der Waals surface area contributed by atoms with Crippen LogP contribution < -0.4 is 10.1 Å². The number of para-hydroxylation sites is 1. The number of nitrogens with one attached hydrogen (secondary N) is 1. The van der Waals surface area contributed by atoms with E-state index in [1.165, 1.54) is 16.3 Å². The van der Waals surface area contributed by atoms with Gasteiger partial charge in [-0.25, -0.2) is 0 Å². The lowest BCUT2D eigenvalue weighted by Gasteiger charge is -2.35. The van der Waals surface area contributed by atoms with Crippen molar-refractivity contribution >= 4 is 22.6 Å². The van der Waals surface area contributed by atoms with Crippen LogP contribution in [0.25, 0.3) is 10.8 Å². The fraction of sp³-hybridized carbons (Fsp3) is 0.419. The Morgan fingerprint density at radius 2 is 1.89 bits per heavy atom. The van der Waals surface area contributed by atoms with Crippen molar-refractivity contribution in [2.45, 2.75) is 57.4 Å². The third-order valence-electron chi connectivity index (χ3n) is 7.90. The van der Waals surface area contributed by atoms with Crippen molar-refractivity contribution in [3.05, 3.63) is 77.9 Å². The predicted octanol–water partition coefficient (Wildman–Crippen LogP) is 5.44. The van der Waals surface area contributed by atoms with Crippen LogP contribution in [0.3, 0.4) is 0 Å². The molecule has 0 saturated carbocycles. The summed E-state index contributed by atoms with van der Waals surface area (Å²) in [5, 5.41) is 5.69. The summed E-state index contributed by atoms with van der Waals surface area (Å²) in [7, 11) is 0. The zero-order valence-electron chi connectivity index (χ0n) is 21.2. The molecule has 5 heteroatoms. The van der Waals surface area contributed by atoms with E-state index in [1.54, 1.807) is 0 Å². The second-order valence-electron chi connectivity index (χ2n) is 10.6. The molecular weight excluding hydrogens is 448 g/mol. The van der Waals surface area contributed by atoms with Gasteiger partial charge in [0.25, 0.3) is 0 Å². The SMILES string of the molecule is Cc1ccccc1OCC1CCCN(C(=O)CCC2(Cc3cccc4ccccc34)CCC(=O)N2)C1. The van der Waals surface area contributed by atoms with Gasteiger partial charge in [-0.1, -0.05) is 60.7 Å². The van der Waals surface area contributed by atoms with Crippen LogP contribution in [0.4, 0.5) is 0 Å². The lowest BCUT2D eigenvalue weighted by Crippen LogP contribution is -2.46. The summed E-state index contributed by atoms with van der Waals surface area (Å²) < 4.78 is 6.09. The zero-order valence-corrected chi connectivity index (χ0v) is 21.2. The minimum atomic E-state index is -0.361. The van der Waals surface area contributed by atoms with E-state index in [-0.39, 0.29) is 17.4 Å². The number of carbonyl (C=O) groups is 2. The third-order valence-corrected chi connectivity index (χ3v) is 7.90. The number of benzene rings is 3. The lowest BCUT2D eigenvalue weighted by atomic mass is 9.83. The number of ether oxygens (including phenoxy) is 1. The number of aryl methyl sites for hydroxylation is 1. The van der Waals surface area contributed by atoms with Crippen LogP contribution in [-0.2, 0) is 16.0 Å². The summed E-state index contributed by atoms with van der Waals surface area (Å²) in [6.07, 6.45) is 5.26. The molecular formula is C31H36N2O3. The summed E-state index contributed by atoms with van der Waals surface area (Å²) in [6, 6.07) is 22.8. The third kappa shape index (κ3) is 5.56. The smallest absolute Gasteiger partial charge is 0.222 e. The molecule has 2 aliphatic heterocycles. The number of nitrogens with zero attached hydrogens (tertiary/aromatic N) is 1. The summed E-state index contributed by atoms with van der Waals surface area (Å²) >= 11 is 0. The molecule has 2 unspecified atom stereocenters. The van der Waals surface area contributed by atoms with Crippen molar-refractivity contribution in [1.29, 1.82) is 0 Å². The van der Waals surface area contributed by atoms with Crippen molar-refractivity contribution < 1.29 is 14.3 Å². The van der Waals surface area contributed by atoms with Gasteiger partial charge < -0.3 is 15.0 Å². The standard InChI is InChI=1S/C31H36N2O3/c1-23-8-2-5-14-28(23)36-22-24-9-7-19-33(21-24)30(35)16-18-31(17-15-29(34)32-31)20-26-12-6-11-25-10-3-4-13-27(25)26/h2-6,8,10-14,24H,7,9,15-22H2,1H3,(H,32,34). The van der Waals surface area contributed by atoms with Gasteiger partial charge in [0, 0.05) is 37.4 Å². The molecule has 2 amide bonds. The van der Waals surface area contributed by atoms with Gasteiger partial charge in [-0.3, -0.25) is 9.59 Å². The van der Waals surface area contributed by atoms with Gasteiger partial charge in [0.1, 0.15) is 5.75 Å². The van der Waals surface area contributed by atoms with Crippen molar-refractivity contribution in [3.8, 4) is 5.75 Å². The summed E-state index contributed by atoms with van der Waals surface area (Å²) in [4.78, 5) is 27.6. The van der Waals surface area contributed by atoms with Crippen molar-refractivity contribution in [1.82, 2.24) is 10.2 Å². The number of hydrogen-bond donors (Lipinski definition) is 1. The molecule has 2 aliphatic rings. The predicted molar refractivity (Wildman–Crippen MR) is 143 cm³/mol. The van der Waals surface area contributed by atoms with Crippen LogP contribution in [0, 0.1) is 12.8 Å². The molecule has 3 aromatic carbocycles. The number of hydrogen-bond acceptors (Lipinski definition) is 3. The van der Waals surface area contributed by atoms with Crippen LogP contribution in [0.15, 0.2) is 66.7 Å².